The van der Waals surface area contributed by atoms with Gasteiger partial charge in [0.15, 0.2) is 0 Å². The zero-order valence-corrected chi connectivity index (χ0v) is 15.2. The van der Waals surface area contributed by atoms with Crippen molar-refractivity contribution >= 4 is 50.4 Å². The highest BCUT2D eigenvalue weighted by molar-refractivity contribution is 9.10. The molecule has 4 rings (SSSR count). The molecule has 132 valence electrons. The standard InChI is InChI=1S/C19H10BrN3O4/c20-13-6-4-11(5-7-13)10-21-22-18(24)15-3-1-2-12-8-14(23(26)27)9-16(17(12)15)19(22)25/h1-10H/b21-10+. The summed E-state index contributed by atoms with van der Waals surface area (Å²) in [6.07, 6.45) is 1.39. The van der Waals surface area contributed by atoms with E-state index in [1.807, 2.05) is 0 Å². The second kappa shape index (κ2) is 6.40. The van der Waals surface area contributed by atoms with Gasteiger partial charge in [0, 0.05) is 22.0 Å². The second-order valence-electron chi connectivity index (χ2n) is 5.87. The Morgan fingerprint density at radius 3 is 2.41 bits per heavy atom. The van der Waals surface area contributed by atoms with Gasteiger partial charge in [0.1, 0.15) is 0 Å². The van der Waals surface area contributed by atoms with E-state index in [2.05, 4.69) is 21.0 Å². The predicted octanol–water partition coefficient (Wildman–Crippen LogP) is 4.14. The largest absolute Gasteiger partial charge is 0.282 e. The predicted molar refractivity (Wildman–Crippen MR) is 103 cm³/mol. The van der Waals surface area contributed by atoms with Crippen molar-refractivity contribution in [3.63, 3.8) is 0 Å². The number of hydrogen-bond acceptors (Lipinski definition) is 5. The van der Waals surface area contributed by atoms with Crippen molar-refractivity contribution < 1.29 is 14.5 Å². The summed E-state index contributed by atoms with van der Waals surface area (Å²) in [6.45, 7) is 0. The van der Waals surface area contributed by atoms with Crippen LogP contribution in [0.25, 0.3) is 10.8 Å². The number of nitro groups is 1. The lowest BCUT2D eigenvalue weighted by Crippen LogP contribution is -2.36. The van der Waals surface area contributed by atoms with E-state index in [-0.39, 0.29) is 16.8 Å². The monoisotopic (exact) mass is 423 g/mol. The Morgan fingerprint density at radius 2 is 1.70 bits per heavy atom. The molecule has 0 saturated heterocycles. The van der Waals surface area contributed by atoms with Gasteiger partial charge in [0.25, 0.3) is 17.5 Å². The molecule has 3 aromatic carbocycles. The molecule has 0 saturated carbocycles. The molecule has 8 heteroatoms. The number of carbonyl (C=O) groups excluding carboxylic acids is 2. The number of hydrazone groups is 1. The zero-order chi connectivity index (χ0) is 19.1. The van der Waals surface area contributed by atoms with E-state index >= 15 is 0 Å². The molecule has 7 nitrogen and oxygen atoms in total. The van der Waals surface area contributed by atoms with Crippen LogP contribution >= 0.6 is 15.9 Å². The molecule has 1 aliphatic heterocycles. The summed E-state index contributed by atoms with van der Waals surface area (Å²) in [5.74, 6) is -1.26. The summed E-state index contributed by atoms with van der Waals surface area (Å²) >= 11 is 3.33. The molecule has 0 radical (unpaired) electrons. The summed E-state index contributed by atoms with van der Waals surface area (Å²) in [7, 11) is 0. The Labute approximate surface area is 161 Å². The van der Waals surface area contributed by atoms with E-state index in [0.29, 0.717) is 16.3 Å². The molecule has 0 fully saturated rings. The van der Waals surface area contributed by atoms with Crippen molar-refractivity contribution in [1.82, 2.24) is 5.01 Å². The average Bonchev–Trinajstić information content (AvgIpc) is 2.66. The van der Waals surface area contributed by atoms with Gasteiger partial charge in [-0.25, -0.2) is 0 Å². The van der Waals surface area contributed by atoms with Crippen LogP contribution in [0.2, 0.25) is 0 Å². The van der Waals surface area contributed by atoms with Crippen LogP contribution in [0.1, 0.15) is 26.3 Å². The van der Waals surface area contributed by atoms with Gasteiger partial charge < -0.3 is 0 Å². The lowest BCUT2D eigenvalue weighted by Gasteiger charge is -2.22. The Balaban J connectivity index is 1.83. The molecule has 1 heterocycles. The Bertz CT molecular complexity index is 1160. The minimum atomic E-state index is -0.694. The molecular formula is C19H10BrN3O4. The maximum Gasteiger partial charge on any atom is 0.282 e. The molecule has 0 N–H and O–H groups in total. The molecule has 2 amide bonds. The first-order chi connectivity index (χ1) is 13.0. The van der Waals surface area contributed by atoms with Crippen LogP contribution < -0.4 is 0 Å². The van der Waals surface area contributed by atoms with Crippen molar-refractivity contribution in [1.29, 1.82) is 0 Å². The fraction of sp³-hybridized carbons (Fsp3) is 0. The van der Waals surface area contributed by atoms with Crippen molar-refractivity contribution in [2.24, 2.45) is 5.10 Å². The maximum absolute atomic E-state index is 12.8. The highest BCUT2D eigenvalue weighted by atomic mass is 79.9. The third-order valence-corrected chi connectivity index (χ3v) is 4.74. The first-order valence-electron chi connectivity index (χ1n) is 7.85. The van der Waals surface area contributed by atoms with E-state index in [9.17, 15) is 19.7 Å². The van der Waals surface area contributed by atoms with Gasteiger partial charge in [0.05, 0.1) is 22.3 Å². The maximum atomic E-state index is 12.8. The SMILES string of the molecule is O=C1c2cccc3cc([N+](=O)[O-])cc(c23)C(=O)N1/N=C/c1ccc(Br)cc1. The summed E-state index contributed by atoms with van der Waals surface area (Å²) < 4.78 is 0.887. The minimum Gasteiger partial charge on any atom is -0.267 e. The second-order valence-corrected chi connectivity index (χ2v) is 6.79. The van der Waals surface area contributed by atoms with Crippen LogP contribution in [-0.4, -0.2) is 28.0 Å². The highest BCUT2D eigenvalue weighted by Crippen LogP contribution is 2.33. The highest BCUT2D eigenvalue weighted by Gasteiger charge is 2.34. The van der Waals surface area contributed by atoms with Crippen molar-refractivity contribution in [2.75, 3.05) is 0 Å². The molecule has 3 aromatic rings. The number of imide groups is 1. The van der Waals surface area contributed by atoms with Gasteiger partial charge in [-0.1, -0.05) is 40.2 Å². The van der Waals surface area contributed by atoms with Gasteiger partial charge in [-0.2, -0.15) is 10.1 Å². The van der Waals surface area contributed by atoms with Gasteiger partial charge in [-0.05, 0) is 29.1 Å². The number of nitro benzene ring substituents is 1. The van der Waals surface area contributed by atoms with E-state index in [1.165, 1.54) is 18.3 Å². The number of carbonyl (C=O) groups is 2. The molecule has 0 atom stereocenters. The van der Waals surface area contributed by atoms with Crippen molar-refractivity contribution in [2.45, 2.75) is 0 Å². The van der Waals surface area contributed by atoms with Crippen LogP contribution in [0.4, 0.5) is 5.69 Å². The fourth-order valence-electron chi connectivity index (χ4n) is 2.96. The molecule has 0 bridgehead atoms. The average molecular weight is 424 g/mol. The summed E-state index contributed by atoms with van der Waals surface area (Å²) in [5, 5.41) is 16.8. The summed E-state index contributed by atoms with van der Waals surface area (Å²) in [4.78, 5) is 36.2. The van der Waals surface area contributed by atoms with Gasteiger partial charge in [-0.3, -0.25) is 19.7 Å². The Hall–Kier alpha value is -3.39. The summed E-state index contributed by atoms with van der Waals surface area (Å²) in [5.41, 5.74) is 0.850. The third kappa shape index (κ3) is 2.89. The zero-order valence-electron chi connectivity index (χ0n) is 13.6. The number of rotatable bonds is 3. The lowest BCUT2D eigenvalue weighted by molar-refractivity contribution is -0.384. The Morgan fingerprint density at radius 1 is 1.00 bits per heavy atom. The first-order valence-corrected chi connectivity index (χ1v) is 8.64. The van der Waals surface area contributed by atoms with Gasteiger partial charge >= 0.3 is 0 Å². The van der Waals surface area contributed by atoms with Crippen molar-refractivity contribution in [3.05, 3.63) is 85.9 Å². The quantitative estimate of drug-likeness (QED) is 0.273. The third-order valence-electron chi connectivity index (χ3n) is 4.21. The van der Waals surface area contributed by atoms with Crippen LogP contribution in [-0.2, 0) is 0 Å². The first kappa shape index (κ1) is 17.0. The van der Waals surface area contributed by atoms with Crippen LogP contribution in [0, 0.1) is 10.1 Å². The normalized spacial score (nSPS) is 13.6. The number of nitrogens with zero attached hydrogens (tertiary/aromatic N) is 3. The number of halogens is 1. The molecule has 27 heavy (non-hydrogen) atoms. The fourth-order valence-corrected chi connectivity index (χ4v) is 3.23. The van der Waals surface area contributed by atoms with Crippen LogP contribution in [0.3, 0.4) is 0 Å². The van der Waals surface area contributed by atoms with Crippen LogP contribution in [0.5, 0.6) is 0 Å². The number of non-ortho nitro benzene ring substituents is 1. The van der Waals surface area contributed by atoms with Crippen LogP contribution in [0.15, 0.2) is 64.2 Å². The van der Waals surface area contributed by atoms with Gasteiger partial charge in [0.2, 0.25) is 0 Å². The molecular weight excluding hydrogens is 414 g/mol. The van der Waals surface area contributed by atoms with E-state index in [1.54, 1.807) is 42.5 Å². The van der Waals surface area contributed by atoms with E-state index < -0.39 is 16.7 Å². The summed E-state index contributed by atoms with van der Waals surface area (Å²) in [6, 6.07) is 14.5. The molecule has 0 aliphatic carbocycles. The molecule has 0 aromatic heterocycles. The molecule has 0 unspecified atom stereocenters. The number of amides is 2. The Kier molecular flexibility index (Phi) is 4.04. The smallest absolute Gasteiger partial charge is 0.267 e. The molecule has 1 aliphatic rings. The van der Waals surface area contributed by atoms with E-state index in [0.717, 1.165) is 9.48 Å². The number of benzene rings is 3. The van der Waals surface area contributed by atoms with Gasteiger partial charge in [-0.15, -0.1) is 0 Å². The molecule has 0 spiro atoms. The minimum absolute atomic E-state index is 0.0855. The van der Waals surface area contributed by atoms with Crippen molar-refractivity contribution in [3.8, 4) is 0 Å². The topological polar surface area (TPSA) is 92.9 Å². The van der Waals surface area contributed by atoms with E-state index in [4.69, 9.17) is 0 Å². The lowest BCUT2D eigenvalue weighted by atomic mass is 9.94. The number of hydrogen-bond donors (Lipinski definition) is 0.